The number of esters is 1. The lowest BCUT2D eigenvalue weighted by Crippen LogP contribution is -2.14. The van der Waals surface area contributed by atoms with Crippen molar-refractivity contribution in [2.45, 2.75) is 19.8 Å². The van der Waals surface area contributed by atoms with Gasteiger partial charge in [-0.1, -0.05) is 12.1 Å². The fraction of sp³-hybridized carbons (Fsp3) is 0.263. The fourth-order valence-corrected chi connectivity index (χ4v) is 2.33. The molecule has 0 spiro atoms. The van der Waals surface area contributed by atoms with Crippen LogP contribution in [0.1, 0.15) is 28.8 Å². The Balaban J connectivity index is 1.74. The van der Waals surface area contributed by atoms with Gasteiger partial charge in [0.15, 0.2) is 11.5 Å². The van der Waals surface area contributed by atoms with Crippen LogP contribution >= 0.6 is 0 Å². The summed E-state index contributed by atoms with van der Waals surface area (Å²) < 4.78 is 10.7. The molecule has 0 atom stereocenters. The largest absolute Gasteiger partial charge is 0.493 e. The van der Waals surface area contributed by atoms with E-state index in [9.17, 15) is 9.59 Å². The zero-order chi connectivity index (χ0) is 17.1. The predicted molar refractivity (Wildman–Crippen MR) is 90.5 cm³/mol. The topological polar surface area (TPSA) is 64.6 Å². The van der Waals surface area contributed by atoms with Crippen LogP contribution in [0.25, 0.3) is 0 Å². The molecule has 1 aliphatic rings. The van der Waals surface area contributed by atoms with E-state index in [1.54, 1.807) is 36.4 Å². The highest BCUT2D eigenvalue weighted by molar-refractivity contribution is 5.97. The molecule has 124 valence electrons. The van der Waals surface area contributed by atoms with Crippen molar-refractivity contribution >= 4 is 17.6 Å². The molecule has 5 nitrogen and oxygen atoms in total. The van der Waals surface area contributed by atoms with E-state index in [1.807, 2.05) is 13.0 Å². The smallest absolute Gasteiger partial charge is 0.343 e. The molecule has 0 radical (unpaired) electrons. The molecular weight excluding hydrogens is 306 g/mol. The molecule has 0 aromatic heterocycles. The minimum Gasteiger partial charge on any atom is -0.493 e. The first-order valence-electron chi connectivity index (χ1n) is 7.84. The molecule has 1 N–H and O–H groups in total. The molecule has 1 aliphatic carbocycles. The summed E-state index contributed by atoms with van der Waals surface area (Å²) in [7, 11) is 1.53. The molecule has 0 heterocycles. The molecule has 1 fully saturated rings. The van der Waals surface area contributed by atoms with Gasteiger partial charge in [-0.3, -0.25) is 4.79 Å². The van der Waals surface area contributed by atoms with Crippen molar-refractivity contribution in [2.75, 3.05) is 12.4 Å². The molecule has 0 aliphatic heterocycles. The number of nitrogens with one attached hydrogen (secondary N) is 1. The monoisotopic (exact) mass is 325 g/mol. The maximum atomic E-state index is 12.4. The molecule has 2 aromatic rings. The first-order chi connectivity index (χ1) is 11.6. The van der Waals surface area contributed by atoms with Crippen molar-refractivity contribution in [3.05, 3.63) is 53.6 Å². The van der Waals surface area contributed by atoms with Crippen LogP contribution in [0.5, 0.6) is 11.5 Å². The van der Waals surface area contributed by atoms with Crippen LogP contribution < -0.4 is 14.8 Å². The molecule has 24 heavy (non-hydrogen) atoms. The van der Waals surface area contributed by atoms with E-state index in [1.165, 1.54) is 7.11 Å². The fourth-order valence-electron chi connectivity index (χ4n) is 2.33. The van der Waals surface area contributed by atoms with Crippen molar-refractivity contribution < 1.29 is 19.1 Å². The molecule has 2 aromatic carbocycles. The van der Waals surface area contributed by atoms with E-state index in [2.05, 4.69) is 5.32 Å². The summed E-state index contributed by atoms with van der Waals surface area (Å²) in [5.74, 6) is 0.472. The lowest BCUT2D eigenvalue weighted by Gasteiger charge is -2.11. The second-order valence-corrected chi connectivity index (χ2v) is 5.89. The Bertz CT molecular complexity index is 781. The van der Waals surface area contributed by atoms with Crippen LogP contribution in [0.2, 0.25) is 0 Å². The van der Waals surface area contributed by atoms with Crippen molar-refractivity contribution in [1.82, 2.24) is 0 Å². The Morgan fingerprint density at radius 3 is 2.58 bits per heavy atom. The molecule has 0 saturated heterocycles. The van der Waals surface area contributed by atoms with E-state index in [0.29, 0.717) is 22.7 Å². The van der Waals surface area contributed by atoms with Gasteiger partial charge in [0.05, 0.1) is 12.7 Å². The van der Waals surface area contributed by atoms with Crippen molar-refractivity contribution in [3.8, 4) is 11.5 Å². The quantitative estimate of drug-likeness (QED) is 0.674. The van der Waals surface area contributed by atoms with Crippen molar-refractivity contribution in [2.24, 2.45) is 5.92 Å². The Kier molecular flexibility index (Phi) is 4.51. The standard InChI is InChI=1S/C19H19NO4/c1-12-6-9-16(17(10-12)23-2)24-19(22)14-4-3-5-15(11-14)20-18(21)13-7-8-13/h3-6,9-11,13H,7-8H2,1-2H3,(H,20,21). The third-order valence-electron chi connectivity index (χ3n) is 3.84. The molecule has 1 amide bonds. The number of ether oxygens (including phenoxy) is 2. The van der Waals surface area contributed by atoms with Crippen LogP contribution in [-0.4, -0.2) is 19.0 Å². The van der Waals surface area contributed by atoms with Crippen LogP contribution in [-0.2, 0) is 4.79 Å². The summed E-state index contributed by atoms with van der Waals surface area (Å²) in [4.78, 5) is 24.2. The number of carbonyl (C=O) groups excluding carboxylic acids is 2. The van der Waals surface area contributed by atoms with Gasteiger partial charge in [-0.05, 0) is 55.7 Å². The molecular formula is C19H19NO4. The zero-order valence-corrected chi connectivity index (χ0v) is 13.7. The number of aryl methyl sites for hydroxylation is 1. The predicted octanol–water partition coefficient (Wildman–Crippen LogP) is 3.57. The summed E-state index contributed by atoms with van der Waals surface area (Å²) in [6, 6.07) is 12.1. The number of hydrogen-bond donors (Lipinski definition) is 1. The van der Waals surface area contributed by atoms with Gasteiger partial charge in [-0.2, -0.15) is 0 Å². The third kappa shape index (κ3) is 3.74. The molecule has 0 bridgehead atoms. The van der Waals surface area contributed by atoms with Gasteiger partial charge >= 0.3 is 5.97 Å². The Hall–Kier alpha value is -2.82. The van der Waals surface area contributed by atoms with E-state index in [4.69, 9.17) is 9.47 Å². The summed E-state index contributed by atoms with van der Waals surface area (Å²) in [6.07, 6.45) is 1.86. The number of amides is 1. The van der Waals surface area contributed by atoms with Gasteiger partial charge in [-0.25, -0.2) is 4.79 Å². The van der Waals surface area contributed by atoms with E-state index < -0.39 is 5.97 Å². The third-order valence-corrected chi connectivity index (χ3v) is 3.84. The van der Waals surface area contributed by atoms with Crippen molar-refractivity contribution in [1.29, 1.82) is 0 Å². The number of carbonyl (C=O) groups is 2. The highest BCUT2D eigenvalue weighted by Gasteiger charge is 2.29. The Labute approximate surface area is 140 Å². The average Bonchev–Trinajstić information content (AvgIpc) is 3.41. The lowest BCUT2D eigenvalue weighted by atomic mass is 10.2. The van der Waals surface area contributed by atoms with Crippen LogP contribution in [0.3, 0.4) is 0 Å². The first kappa shape index (κ1) is 16.1. The van der Waals surface area contributed by atoms with Crippen LogP contribution in [0.4, 0.5) is 5.69 Å². The number of rotatable bonds is 5. The maximum absolute atomic E-state index is 12.4. The molecule has 1 saturated carbocycles. The van der Waals surface area contributed by atoms with E-state index in [-0.39, 0.29) is 11.8 Å². The van der Waals surface area contributed by atoms with Gasteiger partial charge in [0, 0.05) is 11.6 Å². The van der Waals surface area contributed by atoms with Gasteiger partial charge in [0.25, 0.3) is 0 Å². The second kappa shape index (κ2) is 6.74. The average molecular weight is 325 g/mol. The normalized spacial score (nSPS) is 13.2. The van der Waals surface area contributed by atoms with Gasteiger partial charge < -0.3 is 14.8 Å². The minimum atomic E-state index is -0.500. The highest BCUT2D eigenvalue weighted by Crippen LogP contribution is 2.31. The molecule has 3 rings (SSSR count). The number of anilines is 1. The minimum absolute atomic E-state index is 0.000668. The number of methoxy groups -OCH3 is 1. The summed E-state index contributed by atoms with van der Waals surface area (Å²) in [5, 5.41) is 2.82. The first-order valence-corrected chi connectivity index (χ1v) is 7.84. The highest BCUT2D eigenvalue weighted by atomic mass is 16.6. The number of hydrogen-bond acceptors (Lipinski definition) is 4. The number of benzene rings is 2. The zero-order valence-electron chi connectivity index (χ0n) is 13.7. The Morgan fingerprint density at radius 1 is 1.08 bits per heavy atom. The van der Waals surface area contributed by atoms with Gasteiger partial charge in [0.1, 0.15) is 0 Å². The second-order valence-electron chi connectivity index (χ2n) is 5.89. The summed E-state index contributed by atoms with van der Waals surface area (Å²) >= 11 is 0. The SMILES string of the molecule is COc1cc(C)ccc1OC(=O)c1cccc(NC(=O)C2CC2)c1. The van der Waals surface area contributed by atoms with Gasteiger partial charge in [-0.15, -0.1) is 0 Å². The van der Waals surface area contributed by atoms with Gasteiger partial charge in [0.2, 0.25) is 5.91 Å². The van der Waals surface area contributed by atoms with E-state index in [0.717, 1.165) is 18.4 Å². The Morgan fingerprint density at radius 2 is 1.88 bits per heavy atom. The van der Waals surface area contributed by atoms with Crippen LogP contribution in [0.15, 0.2) is 42.5 Å². The summed E-state index contributed by atoms with van der Waals surface area (Å²) in [6.45, 7) is 1.93. The van der Waals surface area contributed by atoms with Crippen LogP contribution in [0, 0.1) is 12.8 Å². The maximum Gasteiger partial charge on any atom is 0.343 e. The lowest BCUT2D eigenvalue weighted by molar-refractivity contribution is -0.117. The summed E-state index contributed by atoms with van der Waals surface area (Å²) in [5.41, 5.74) is 1.97. The van der Waals surface area contributed by atoms with E-state index >= 15 is 0 Å². The van der Waals surface area contributed by atoms with Crippen molar-refractivity contribution in [3.63, 3.8) is 0 Å². The molecule has 0 unspecified atom stereocenters. The molecule has 5 heteroatoms.